The Morgan fingerprint density at radius 1 is 1.12 bits per heavy atom. The number of phenolic OH excluding ortho intramolecular Hbond substituents is 1. The van der Waals surface area contributed by atoms with Gasteiger partial charge in [-0.3, -0.25) is 4.90 Å². The molecule has 3 unspecified atom stereocenters. The summed E-state index contributed by atoms with van der Waals surface area (Å²) in [6.45, 7) is 2.51. The Labute approximate surface area is 152 Å². The van der Waals surface area contributed by atoms with Gasteiger partial charge in [0.05, 0.1) is 11.7 Å². The number of phenols is 1. The first-order valence-corrected chi connectivity index (χ1v) is 9.83. The molecular weight excluding hydrogens is 334 g/mol. The minimum Gasteiger partial charge on any atom is -0.508 e. The van der Waals surface area contributed by atoms with Crippen molar-refractivity contribution in [3.05, 3.63) is 52.2 Å². The third-order valence-corrected chi connectivity index (χ3v) is 6.61. The van der Waals surface area contributed by atoms with Crippen LogP contribution in [0.3, 0.4) is 0 Å². The highest BCUT2D eigenvalue weighted by molar-refractivity contribution is 7.09. The van der Waals surface area contributed by atoms with Crippen LogP contribution in [0, 0.1) is 11.8 Å². The van der Waals surface area contributed by atoms with E-state index in [4.69, 9.17) is 0 Å². The maximum absolute atomic E-state index is 11.0. The van der Waals surface area contributed by atoms with Crippen molar-refractivity contribution in [1.29, 1.82) is 0 Å². The normalized spacial score (nSPS) is 30.5. The number of rotatable bonds is 5. The summed E-state index contributed by atoms with van der Waals surface area (Å²) in [5.41, 5.74) is 0.283. The molecule has 2 aliphatic rings. The predicted octanol–water partition coefficient (Wildman–Crippen LogP) is 2.80. The van der Waals surface area contributed by atoms with Crippen molar-refractivity contribution in [2.45, 2.75) is 31.0 Å². The molecule has 4 nitrogen and oxygen atoms in total. The fourth-order valence-corrected chi connectivity index (χ4v) is 5.48. The topological polar surface area (TPSA) is 63.9 Å². The van der Waals surface area contributed by atoms with Gasteiger partial charge in [0.25, 0.3) is 0 Å². The fourth-order valence-electron chi connectivity index (χ4n) is 4.64. The van der Waals surface area contributed by atoms with Gasteiger partial charge in [-0.1, -0.05) is 18.2 Å². The molecule has 4 rings (SSSR count). The Morgan fingerprint density at radius 2 is 1.80 bits per heavy atom. The van der Waals surface area contributed by atoms with E-state index in [1.54, 1.807) is 35.6 Å². The van der Waals surface area contributed by atoms with E-state index >= 15 is 0 Å². The first kappa shape index (κ1) is 17.0. The molecule has 1 saturated heterocycles. The summed E-state index contributed by atoms with van der Waals surface area (Å²) >= 11 is 1.72. The Hall–Kier alpha value is -1.40. The molecular formula is C20H25NO3S. The molecule has 25 heavy (non-hydrogen) atoms. The second kappa shape index (κ2) is 6.72. The largest absolute Gasteiger partial charge is 0.508 e. The predicted molar refractivity (Wildman–Crippen MR) is 98.7 cm³/mol. The van der Waals surface area contributed by atoms with Crippen LogP contribution in [0.2, 0.25) is 0 Å². The van der Waals surface area contributed by atoms with E-state index in [1.165, 1.54) is 4.88 Å². The molecule has 0 spiro atoms. The van der Waals surface area contributed by atoms with E-state index in [9.17, 15) is 15.3 Å². The summed E-state index contributed by atoms with van der Waals surface area (Å²) in [4.78, 5) is 3.58. The number of benzene rings is 1. The van der Waals surface area contributed by atoms with Crippen LogP contribution in [-0.2, 0) is 6.42 Å². The van der Waals surface area contributed by atoms with Gasteiger partial charge in [-0.05, 0) is 53.8 Å². The summed E-state index contributed by atoms with van der Waals surface area (Å²) in [5.74, 6) is 1.27. The van der Waals surface area contributed by atoms with Gasteiger partial charge < -0.3 is 15.3 Å². The van der Waals surface area contributed by atoms with Crippen molar-refractivity contribution in [2.24, 2.45) is 11.8 Å². The number of hydrogen-bond acceptors (Lipinski definition) is 5. The molecule has 1 aliphatic carbocycles. The molecule has 0 amide bonds. The van der Waals surface area contributed by atoms with Crippen molar-refractivity contribution >= 4 is 11.3 Å². The number of aromatic hydroxyl groups is 1. The average molecular weight is 359 g/mol. The lowest BCUT2D eigenvalue weighted by molar-refractivity contribution is 0.0335. The first-order chi connectivity index (χ1) is 12.0. The van der Waals surface area contributed by atoms with E-state index in [2.05, 4.69) is 16.3 Å². The molecule has 4 atom stereocenters. The highest BCUT2D eigenvalue weighted by Crippen LogP contribution is 2.45. The molecule has 2 heterocycles. The lowest BCUT2D eigenvalue weighted by Gasteiger charge is -2.26. The number of aliphatic hydroxyl groups excluding tert-OH is 1. The van der Waals surface area contributed by atoms with Crippen LogP contribution in [0.1, 0.15) is 29.4 Å². The van der Waals surface area contributed by atoms with Crippen molar-refractivity contribution < 1.29 is 15.3 Å². The zero-order chi connectivity index (χ0) is 17.4. The van der Waals surface area contributed by atoms with Crippen molar-refractivity contribution in [3.63, 3.8) is 0 Å². The minimum absolute atomic E-state index is 0.219. The van der Waals surface area contributed by atoms with Crippen LogP contribution in [0.4, 0.5) is 0 Å². The molecule has 5 heteroatoms. The number of fused-ring (bicyclic) bond motifs is 1. The number of likely N-dealkylation sites (tertiary alicyclic amines) is 1. The Morgan fingerprint density at radius 3 is 2.40 bits per heavy atom. The number of nitrogens with zero attached hydrogens (tertiary/aromatic N) is 1. The molecule has 1 aromatic carbocycles. The summed E-state index contributed by atoms with van der Waals surface area (Å²) < 4.78 is 0. The fraction of sp³-hybridized carbons (Fsp3) is 0.500. The molecule has 3 N–H and O–H groups in total. The van der Waals surface area contributed by atoms with Crippen LogP contribution in [0.5, 0.6) is 5.75 Å². The van der Waals surface area contributed by atoms with Crippen molar-refractivity contribution in [2.75, 3.05) is 19.6 Å². The second-order valence-electron chi connectivity index (χ2n) is 7.73. The van der Waals surface area contributed by atoms with Crippen molar-refractivity contribution in [3.8, 4) is 5.75 Å². The van der Waals surface area contributed by atoms with Crippen LogP contribution < -0.4 is 0 Å². The van der Waals surface area contributed by atoms with E-state index in [-0.39, 0.29) is 5.75 Å². The molecule has 1 aromatic heterocycles. The summed E-state index contributed by atoms with van der Waals surface area (Å²) in [6, 6.07) is 10.9. The molecule has 0 radical (unpaired) electrons. The number of β-amino-alcohol motifs (C(OH)–C–C–N with tert-alkyl or cyclic N) is 1. The molecule has 2 aromatic rings. The Kier molecular flexibility index (Phi) is 4.58. The van der Waals surface area contributed by atoms with Gasteiger partial charge >= 0.3 is 0 Å². The van der Waals surface area contributed by atoms with E-state index < -0.39 is 11.7 Å². The highest BCUT2D eigenvalue weighted by Gasteiger charge is 2.48. The Balaban J connectivity index is 1.32. The number of aliphatic hydroxyl groups is 2. The van der Waals surface area contributed by atoms with Gasteiger partial charge in [-0.15, -0.1) is 11.3 Å². The molecule has 1 saturated carbocycles. The quantitative estimate of drug-likeness (QED) is 0.768. The third kappa shape index (κ3) is 3.75. The zero-order valence-corrected chi connectivity index (χ0v) is 15.0. The summed E-state index contributed by atoms with van der Waals surface area (Å²) in [7, 11) is 0. The summed E-state index contributed by atoms with van der Waals surface area (Å²) in [5, 5.41) is 32.8. The third-order valence-electron chi connectivity index (χ3n) is 5.73. The van der Waals surface area contributed by atoms with Crippen molar-refractivity contribution in [1.82, 2.24) is 4.90 Å². The maximum Gasteiger partial charge on any atom is 0.115 e. The Bertz CT molecular complexity index is 686. The van der Waals surface area contributed by atoms with Crippen LogP contribution in [0.15, 0.2) is 41.8 Å². The first-order valence-electron chi connectivity index (χ1n) is 8.95. The second-order valence-corrected chi connectivity index (χ2v) is 8.77. The lowest BCUT2D eigenvalue weighted by Crippen LogP contribution is -2.33. The monoisotopic (exact) mass is 359 g/mol. The highest BCUT2D eigenvalue weighted by atomic mass is 32.1. The molecule has 1 aliphatic heterocycles. The van der Waals surface area contributed by atoms with Gasteiger partial charge in [0, 0.05) is 30.9 Å². The lowest BCUT2D eigenvalue weighted by atomic mass is 9.95. The molecule has 0 bridgehead atoms. The van der Waals surface area contributed by atoms with Gasteiger partial charge in [0.15, 0.2) is 0 Å². The van der Waals surface area contributed by atoms with Gasteiger partial charge in [0.2, 0.25) is 0 Å². The van der Waals surface area contributed by atoms with Gasteiger partial charge in [0.1, 0.15) is 5.75 Å². The van der Waals surface area contributed by atoms with E-state index in [0.29, 0.717) is 18.4 Å². The van der Waals surface area contributed by atoms with Gasteiger partial charge in [-0.25, -0.2) is 0 Å². The van der Waals surface area contributed by atoms with E-state index in [0.717, 1.165) is 37.9 Å². The van der Waals surface area contributed by atoms with Gasteiger partial charge in [-0.2, -0.15) is 0 Å². The minimum atomic E-state index is -0.554. The van der Waals surface area contributed by atoms with Crippen LogP contribution in [0.25, 0.3) is 0 Å². The van der Waals surface area contributed by atoms with Crippen LogP contribution >= 0.6 is 11.3 Å². The zero-order valence-electron chi connectivity index (χ0n) is 14.2. The standard InChI is InChI=1S/C20H25NO3S/c22-17-5-3-14(4-6-17)19(23)13-21-11-15-8-20(24,9-16(15)12-21)10-18-2-1-7-25-18/h1-7,15-16,19,22-24H,8-13H2/t15-,16?,19?,20?/m1/s1. The van der Waals surface area contributed by atoms with E-state index in [1.807, 2.05) is 6.07 Å². The number of hydrogen-bond donors (Lipinski definition) is 3. The SMILES string of the molecule is Oc1ccc(C(O)CN2CC3CC(O)(Cc4cccs4)C[C@@H]3C2)cc1. The molecule has 134 valence electrons. The van der Waals surface area contributed by atoms with Crippen LogP contribution in [-0.4, -0.2) is 45.5 Å². The maximum atomic E-state index is 11.0. The molecule has 2 fully saturated rings. The number of thiophene rings is 1. The smallest absolute Gasteiger partial charge is 0.115 e. The summed E-state index contributed by atoms with van der Waals surface area (Å²) in [6.07, 6.45) is 1.96. The average Bonchev–Trinajstić information content (AvgIpc) is 3.24.